The van der Waals surface area contributed by atoms with Crippen molar-refractivity contribution in [3.63, 3.8) is 0 Å². The fraction of sp³-hybridized carbons (Fsp3) is 0.647. The molecule has 0 spiro atoms. The van der Waals surface area contributed by atoms with E-state index >= 15 is 0 Å². The molecule has 0 aliphatic carbocycles. The molecule has 0 bridgehead atoms. The molecule has 2 saturated heterocycles. The number of carbonyl (C=O) groups excluding carboxylic acids is 4. The highest BCUT2D eigenvalue weighted by atomic mass is 32.2. The molecule has 0 saturated carbocycles. The summed E-state index contributed by atoms with van der Waals surface area (Å²) in [6.07, 6.45) is 13.7. The first-order chi connectivity index (χ1) is 42.0. The predicted molar refractivity (Wildman–Crippen MR) is 345 cm³/mol. The highest BCUT2D eigenvalue weighted by molar-refractivity contribution is 7.88. The van der Waals surface area contributed by atoms with Crippen molar-refractivity contribution >= 4 is 51.7 Å². The average Bonchev–Trinajstić information content (AvgIpc) is 1.09. The molecule has 1 N–H and O–H groups in total. The van der Waals surface area contributed by atoms with Gasteiger partial charge in [-0.15, -0.1) is 6.58 Å². The minimum absolute atomic E-state index is 0.00694. The van der Waals surface area contributed by atoms with Crippen molar-refractivity contribution in [2.45, 2.75) is 242 Å². The number of amides is 2. The Morgan fingerprint density at radius 2 is 1.03 bits per heavy atom. The normalized spacial score (nSPS) is 22.3. The molecule has 2 aromatic carbocycles. The number of ether oxygens (including phenoxy) is 10. The van der Waals surface area contributed by atoms with E-state index in [1.165, 1.54) is 24.8 Å². The Labute approximate surface area is 543 Å². The van der Waals surface area contributed by atoms with Gasteiger partial charge in [-0.2, -0.15) is 21.6 Å². The van der Waals surface area contributed by atoms with Crippen LogP contribution in [0.1, 0.15) is 198 Å². The fourth-order valence-electron chi connectivity index (χ4n) is 9.82. The second-order valence-electron chi connectivity index (χ2n) is 27.6. The molecule has 20 nitrogen and oxygen atoms in total. The van der Waals surface area contributed by atoms with Gasteiger partial charge in [0, 0.05) is 70.8 Å². The fourth-order valence-corrected chi connectivity index (χ4v) is 10.3. The van der Waals surface area contributed by atoms with E-state index in [2.05, 4.69) is 63.6 Å². The van der Waals surface area contributed by atoms with E-state index in [4.69, 9.17) is 47.4 Å². The standard InChI is InChI=1S/C33H49NO8.C18H22F3NO8S.C17H30O2/c1-12-34(30(37)42-31(5,6)7)24-18-23(27-26(19-24)39-33(10,11)41-29(27)36)14-13-15-25-28(40-32(8,9)38-25)21(3)17-16-20(2)22(4)35;1-7-22(15(24)29-16(2,3)4)10-8-11-13(14(23)28-17(5,6)27-11)12(9-10)30-31(25,26)18(19,20)21;1-8-9-15-16(19-17(6,7)18-15)14(5)11-10-13(4)12(2)3/h13-14,16-22,25,28,35H,12,15H2,1-11H3;8-9H,7H2,1-6H3;8,10-16H,1,9H2,2-7H3/b14-13+,17-16-;;11-10-/t20-,21-,22+,25+,28-;;13-,14-,15+,16-/m1.1/s1. The van der Waals surface area contributed by atoms with E-state index in [-0.39, 0.29) is 54.2 Å². The van der Waals surface area contributed by atoms with Crippen LogP contribution in [-0.2, 0) is 48.0 Å². The molecule has 4 heterocycles. The number of esters is 2. The number of hydrogen-bond donors (Lipinski definition) is 1. The van der Waals surface area contributed by atoms with Gasteiger partial charge in [0.25, 0.3) is 0 Å². The molecule has 2 aromatic rings. The third-order valence-corrected chi connectivity index (χ3v) is 15.7. The van der Waals surface area contributed by atoms with E-state index in [9.17, 15) is 45.9 Å². The van der Waals surface area contributed by atoms with Crippen molar-refractivity contribution in [3.05, 3.63) is 84.0 Å². The summed E-state index contributed by atoms with van der Waals surface area (Å²) >= 11 is 0. The topological polar surface area (TPSA) is 231 Å². The Balaban J connectivity index is 0.000000316. The van der Waals surface area contributed by atoms with E-state index in [0.29, 0.717) is 53.3 Å². The van der Waals surface area contributed by atoms with Gasteiger partial charge in [0.05, 0.1) is 41.9 Å². The number of hydrogen-bond acceptors (Lipinski definition) is 18. The summed E-state index contributed by atoms with van der Waals surface area (Å²) in [6, 6.07) is 5.41. The maximum Gasteiger partial charge on any atom is 0.534 e. The molecular formula is C68H101F3N2O18S. The Kier molecular flexibility index (Phi) is 25.9. The maximum atomic E-state index is 13.1. The van der Waals surface area contributed by atoms with Gasteiger partial charge in [-0.05, 0) is 132 Å². The van der Waals surface area contributed by atoms with Crippen LogP contribution < -0.4 is 23.5 Å². The minimum atomic E-state index is -6.13. The monoisotopic (exact) mass is 1320 g/mol. The molecule has 92 heavy (non-hydrogen) atoms. The zero-order valence-corrected chi connectivity index (χ0v) is 58.8. The lowest BCUT2D eigenvalue weighted by atomic mass is 9.93. The third-order valence-electron chi connectivity index (χ3n) is 14.7. The Hall–Kier alpha value is -6.18. The second-order valence-corrected chi connectivity index (χ2v) is 29.1. The summed E-state index contributed by atoms with van der Waals surface area (Å²) in [4.78, 5) is 53.6. The average molecular weight is 1320 g/mol. The Morgan fingerprint density at radius 3 is 1.43 bits per heavy atom. The molecule has 2 fully saturated rings. The lowest BCUT2D eigenvalue weighted by molar-refractivity contribution is -0.148. The number of aliphatic hydroxyl groups excluding tert-OH is 1. The van der Waals surface area contributed by atoms with E-state index in [1.54, 1.807) is 60.6 Å². The number of allylic oxidation sites excluding steroid dienone is 1. The van der Waals surface area contributed by atoms with Crippen LogP contribution in [0.15, 0.2) is 67.3 Å². The number of benzene rings is 2. The molecule has 9 atom stereocenters. The highest BCUT2D eigenvalue weighted by Crippen LogP contribution is 2.44. The number of fused-ring (bicyclic) bond motifs is 2. The smallest absolute Gasteiger partial charge is 0.452 e. The van der Waals surface area contributed by atoms with Crippen molar-refractivity contribution in [2.75, 3.05) is 22.9 Å². The Bertz CT molecular complexity index is 3120. The van der Waals surface area contributed by atoms with Gasteiger partial charge < -0.3 is 56.7 Å². The molecule has 0 aromatic heterocycles. The first kappa shape index (κ1) is 78.3. The maximum absolute atomic E-state index is 13.1. The van der Waals surface area contributed by atoms with Crippen LogP contribution in [0.4, 0.5) is 34.1 Å². The third kappa shape index (κ3) is 22.2. The number of halogens is 3. The largest absolute Gasteiger partial charge is 0.534 e. The first-order valence-electron chi connectivity index (χ1n) is 31.2. The lowest BCUT2D eigenvalue weighted by Gasteiger charge is -2.33. The number of alkyl halides is 3. The molecule has 0 radical (unpaired) electrons. The summed E-state index contributed by atoms with van der Waals surface area (Å²) in [5.41, 5.74) is -6.72. The zero-order valence-electron chi connectivity index (χ0n) is 58.0. The van der Waals surface area contributed by atoms with E-state index in [1.807, 2.05) is 86.6 Å². The van der Waals surface area contributed by atoms with Crippen molar-refractivity contribution in [1.82, 2.24) is 0 Å². The SMILES string of the molecule is C=CC[C@@H]1OC(C)(C)O[C@@H]1[C@H](C)/C=C\[C@@H](C)C(C)C.CCN(C(=O)OC(C)(C)C)c1cc(/C=C/C[C@@H]2OC(C)(C)O[C@@H]2[C@H](C)/C=C\[C@@H](C)[C@H](C)O)c2c(c1)OC(C)(C)OC2=O.CCN(C(=O)OC(C)(C)C)c1cc2c(c(OS(=O)(=O)C(F)(F)F)c1)C(=O)OC(C)(C)O2. The predicted octanol–water partition coefficient (Wildman–Crippen LogP) is 15.4. The van der Waals surface area contributed by atoms with Crippen LogP contribution in [0, 0.1) is 29.6 Å². The van der Waals surface area contributed by atoms with Crippen LogP contribution in [-0.4, -0.2) is 121 Å². The molecule has 24 heteroatoms. The van der Waals surface area contributed by atoms with Crippen LogP contribution in [0.25, 0.3) is 6.08 Å². The quantitative estimate of drug-likeness (QED) is 0.0453. The molecular weight excluding hydrogens is 1220 g/mol. The van der Waals surface area contributed by atoms with Crippen molar-refractivity contribution in [1.29, 1.82) is 0 Å². The molecule has 2 amide bonds. The highest BCUT2D eigenvalue weighted by Gasteiger charge is 2.50. The summed E-state index contributed by atoms with van der Waals surface area (Å²) in [5, 5.41) is 9.85. The molecule has 4 aliphatic rings. The van der Waals surface area contributed by atoms with Crippen molar-refractivity contribution in [3.8, 4) is 17.2 Å². The molecule has 0 unspecified atom stereocenters. The van der Waals surface area contributed by atoms with Crippen LogP contribution in [0.3, 0.4) is 0 Å². The van der Waals surface area contributed by atoms with Gasteiger partial charge in [-0.1, -0.05) is 84.1 Å². The number of cyclic esters (lactones) is 2. The van der Waals surface area contributed by atoms with Crippen LogP contribution in [0.5, 0.6) is 17.2 Å². The first-order valence-corrected chi connectivity index (χ1v) is 32.6. The Morgan fingerprint density at radius 1 is 0.620 bits per heavy atom. The molecule has 4 aliphatic heterocycles. The zero-order chi connectivity index (χ0) is 70.2. The lowest BCUT2D eigenvalue weighted by Crippen LogP contribution is -2.40. The van der Waals surface area contributed by atoms with Crippen LogP contribution >= 0.6 is 0 Å². The summed E-state index contributed by atoms with van der Waals surface area (Å²) in [6.45, 7) is 46.4. The van der Waals surface area contributed by atoms with Gasteiger partial charge >= 0.3 is 39.8 Å². The second kappa shape index (κ2) is 30.5. The minimum Gasteiger partial charge on any atom is -0.452 e. The van der Waals surface area contributed by atoms with Gasteiger partial charge in [-0.3, -0.25) is 9.80 Å². The number of aliphatic hydroxyl groups is 1. The van der Waals surface area contributed by atoms with Gasteiger partial charge in [-0.25, -0.2) is 19.2 Å². The van der Waals surface area contributed by atoms with Gasteiger partial charge in [0.2, 0.25) is 11.6 Å². The summed E-state index contributed by atoms with van der Waals surface area (Å²) in [5.74, 6) is -4.88. The number of nitrogens with zero attached hydrogens (tertiary/aromatic N) is 2. The van der Waals surface area contributed by atoms with Gasteiger partial charge in [0.15, 0.2) is 17.3 Å². The summed E-state index contributed by atoms with van der Waals surface area (Å²) in [7, 11) is -6.13. The number of anilines is 2. The van der Waals surface area contributed by atoms with Gasteiger partial charge in [0.1, 0.15) is 33.8 Å². The molecule has 6 rings (SSSR count). The molecule has 518 valence electrons. The number of carbonyl (C=O) groups is 4. The van der Waals surface area contributed by atoms with E-state index < -0.39 is 91.5 Å². The van der Waals surface area contributed by atoms with Crippen molar-refractivity contribution in [2.24, 2.45) is 29.6 Å². The van der Waals surface area contributed by atoms with Crippen molar-refractivity contribution < 1.29 is 97.4 Å². The number of rotatable bonds is 19. The van der Waals surface area contributed by atoms with Crippen LogP contribution in [0.2, 0.25) is 0 Å². The summed E-state index contributed by atoms with van der Waals surface area (Å²) < 4.78 is 123. The van der Waals surface area contributed by atoms with E-state index in [0.717, 1.165) is 17.4 Å².